The molecule has 3 heteroatoms. The minimum atomic E-state index is -0.466. The molecule has 1 unspecified atom stereocenters. The third kappa shape index (κ3) is 4.67. The van der Waals surface area contributed by atoms with Gasteiger partial charge in [0.15, 0.2) is 6.10 Å². The highest BCUT2D eigenvalue weighted by Gasteiger charge is 2.22. The lowest BCUT2D eigenvalue weighted by atomic mass is 9.98. The summed E-state index contributed by atoms with van der Waals surface area (Å²) in [6.07, 6.45) is 5.59. The fourth-order valence-corrected chi connectivity index (χ4v) is 2.39. The van der Waals surface area contributed by atoms with Gasteiger partial charge in [0.05, 0.1) is 6.10 Å². The van der Waals surface area contributed by atoms with Crippen LogP contribution in [0.25, 0.3) is 0 Å². The molecule has 0 heterocycles. The van der Waals surface area contributed by atoms with Crippen LogP contribution in [-0.4, -0.2) is 18.2 Å². The summed E-state index contributed by atoms with van der Waals surface area (Å²) < 4.78 is 11.0. The van der Waals surface area contributed by atoms with Crippen molar-refractivity contribution in [2.45, 2.75) is 57.8 Å². The van der Waals surface area contributed by atoms with Crippen LogP contribution in [-0.2, 0) is 20.9 Å². The molecule has 3 nitrogen and oxygen atoms in total. The molecule has 0 bridgehead atoms. The van der Waals surface area contributed by atoms with Crippen LogP contribution in [0.3, 0.4) is 0 Å². The van der Waals surface area contributed by atoms with Crippen molar-refractivity contribution in [3.63, 3.8) is 0 Å². The maximum absolute atomic E-state index is 11.8. The molecule has 19 heavy (non-hydrogen) atoms. The summed E-state index contributed by atoms with van der Waals surface area (Å²) in [7, 11) is 0. The quantitative estimate of drug-likeness (QED) is 0.762. The summed E-state index contributed by atoms with van der Waals surface area (Å²) in [5.41, 5.74) is 1.00. The SMILES string of the molecule is CC(OC1CCCCC1)C(=O)OCc1ccccc1. The van der Waals surface area contributed by atoms with Crippen molar-refractivity contribution in [1.29, 1.82) is 0 Å². The predicted octanol–water partition coefficient (Wildman–Crippen LogP) is 3.47. The molecule has 1 aliphatic carbocycles. The minimum Gasteiger partial charge on any atom is -0.459 e. The smallest absolute Gasteiger partial charge is 0.335 e. The average molecular weight is 262 g/mol. The first kappa shape index (κ1) is 14.1. The van der Waals surface area contributed by atoms with Gasteiger partial charge in [-0.05, 0) is 25.3 Å². The van der Waals surface area contributed by atoms with Crippen molar-refractivity contribution in [3.05, 3.63) is 35.9 Å². The maximum Gasteiger partial charge on any atom is 0.335 e. The molecule has 0 aliphatic heterocycles. The number of esters is 1. The molecule has 1 atom stereocenters. The molecule has 1 aliphatic rings. The molecule has 0 N–H and O–H groups in total. The van der Waals surface area contributed by atoms with Gasteiger partial charge in [0.1, 0.15) is 6.61 Å². The van der Waals surface area contributed by atoms with Gasteiger partial charge in [-0.2, -0.15) is 0 Å². The van der Waals surface area contributed by atoms with Crippen molar-refractivity contribution in [1.82, 2.24) is 0 Å². The van der Waals surface area contributed by atoms with Crippen molar-refractivity contribution >= 4 is 5.97 Å². The molecule has 2 rings (SSSR count). The lowest BCUT2D eigenvalue weighted by Crippen LogP contribution is -2.29. The van der Waals surface area contributed by atoms with Crippen LogP contribution in [0, 0.1) is 0 Å². The Morgan fingerprint density at radius 3 is 2.58 bits per heavy atom. The van der Waals surface area contributed by atoms with E-state index in [1.807, 2.05) is 30.3 Å². The molecule has 0 saturated heterocycles. The molecular weight excluding hydrogens is 240 g/mol. The first-order valence-electron chi connectivity index (χ1n) is 7.12. The van der Waals surface area contributed by atoms with Crippen LogP contribution < -0.4 is 0 Å². The van der Waals surface area contributed by atoms with Crippen LogP contribution in [0.2, 0.25) is 0 Å². The second-order valence-electron chi connectivity index (χ2n) is 5.13. The monoisotopic (exact) mass is 262 g/mol. The lowest BCUT2D eigenvalue weighted by Gasteiger charge is -2.24. The van der Waals surface area contributed by atoms with E-state index >= 15 is 0 Å². The van der Waals surface area contributed by atoms with E-state index in [2.05, 4.69) is 0 Å². The number of carbonyl (C=O) groups is 1. The number of hydrogen-bond acceptors (Lipinski definition) is 3. The summed E-state index contributed by atoms with van der Waals surface area (Å²) in [5, 5.41) is 0. The third-order valence-corrected chi connectivity index (χ3v) is 3.50. The van der Waals surface area contributed by atoms with Crippen molar-refractivity contribution in [2.75, 3.05) is 0 Å². The first-order chi connectivity index (χ1) is 9.25. The van der Waals surface area contributed by atoms with Gasteiger partial charge in [0, 0.05) is 0 Å². The van der Waals surface area contributed by atoms with Crippen LogP contribution in [0.5, 0.6) is 0 Å². The zero-order valence-electron chi connectivity index (χ0n) is 11.5. The van der Waals surface area contributed by atoms with Gasteiger partial charge >= 0.3 is 5.97 Å². The van der Waals surface area contributed by atoms with Crippen LogP contribution in [0.1, 0.15) is 44.6 Å². The van der Waals surface area contributed by atoms with E-state index < -0.39 is 6.10 Å². The normalized spacial score (nSPS) is 17.9. The molecule has 1 saturated carbocycles. The Balaban J connectivity index is 1.72. The van der Waals surface area contributed by atoms with Gasteiger partial charge in [0.2, 0.25) is 0 Å². The summed E-state index contributed by atoms with van der Waals surface area (Å²) in [6.45, 7) is 2.10. The summed E-state index contributed by atoms with van der Waals surface area (Å²) in [6, 6.07) is 9.70. The number of carbonyl (C=O) groups excluding carboxylic acids is 1. The zero-order chi connectivity index (χ0) is 13.5. The molecule has 104 valence electrons. The molecule has 1 aromatic carbocycles. The fraction of sp³-hybridized carbons (Fsp3) is 0.562. The Morgan fingerprint density at radius 2 is 1.89 bits per heavy atom. The van der Waals surface area contributed by atoms with E-state index in [9.17, 15) is 4.79 Å². The number of rotatable bonds is 5. The van der Waals surface area contributed by atoms with Gasteiger partial charge in [-0.1, -0.05) is 49.6 Å². The van der Waals surface area contributed by atoms with E-state index in [-0.39, 0.29) is 12.1 Å². The Morgan fingerprint density at radius 1 is 1.21 bits per heavy atom. The largest absolute Gasteiger partial charge is 0.459 e. The van der Waals surface area contributed by atoms with Gasteiger partial charge in [-0.15, -0.1) is 0 Å². The van der Waals surface area contributed by atoms with Gasteiger partial charge in [0.25, 0.3) is 0 Å². The topological polar surface area (TPSA) is 35.5 Å². The zero-order valence-corrected chi connectivity index (χ0v) is 11.5. The fourth-order valence-electron chi connectivity index (χ4n) is 2.39. The van der Waals surface area contributed by atoms with Crippen LogP contribution >= 0.6 is 0 Å². The Kier molecular flexibility index (Phi) is 5.40. The predicted molar refractivity (Wildman–Crippen MR) is 73.7 cm³/mol. The second-order valence-corrected chi connectivity index (χ2v) is 5.13. The van der Waals surface area contributed by atoms with E-state index in [0.717, 1.165) is 18.4 Å². The first-order valence-corrected chi connectivity index (χ1v) is 7.12. The van der Waals surface area contributed by atoms with Gasteiger partial charge in [-0.25, -0.2) is 4.79 Å². The van der Waals surface area contributed by atoms with Crippen molar-refractivity contribution < 1.29 is 14.3 Å². The second kappa shape index (κ2) is 7.29. The Bertz CT molecular complexity index is 382. The molecule has 1 aromatic rings. The summed E-state index contributed by atoms with van der Waals surface area (Å²) >= 11 is 0. The average Bonchev–Trinajstić information content (AvgIpc) is 2.47. The van der Waals surface area contributed by atoms with Crippen LogP contribution in [0.15, 0.2) is 30.3 Å². The Labute approximate surface area is 114 Å². The number of benzene rings is 1. The van der Waals surface area contributed by atoms with E-state index in [1.165, 1.54) is 19.3 Å². The van der Waals surface area contributed by atoms with Crippen molar-refractivity contribution in [3.8, 4) is 0 Å². The number of ether oxygens (including phenoxy) is 2. The number of hydrogen-bond donors (Lipinski definition) is 0. The van der Waals surface area contributed by atoms with E-state index in [0.29, 0.717) is 6.61 Å². The maximum atomic E-state index is 11.8. The molecular formula is C16H22O3. The van der Waals surface area contributed by atoms with E-state index in [1.54, 1.807) is 6.92 Å². The molecule has 0 spiro atoms. The molecule has 0 radical (unpaired) electrons. The molecule has 0 aromatic heterocycles. The van der Waals surface area contributed by atoms with Crippen LogP contribution in [0.4, 0.5) is 0 Å². The highest BCUT2D eigenvalue weighted by atomic mass is 16.6. The lowest BCUT2D eigenvalue weighted by molar-refractivity contribution is -0.162. The molecule has 0 amide bonds. The van der Waals surface area contributed by atoms with Gasteiger partial charge < -0.3 is 9.47 Å². The summed E-state index contributed by atoms with van der Waals surface area (Å²) in [4.78, 5) is 11.8. The Hall–Kier alpha value is -1.35. The van der Waals surface area contributed by atoms with Gasteiger partial charge in [-0.3, -0.25) is 0 Å². The summed E-state index contributed by atoms with van der Waals surface area (Å²) in [5.74, 6) is -0.269. The van der Waals surface area contributed by atoms with Crippen molar-refractivity contribution in [2.24, 2.45) is 0 Å². The third-order valence-electron chi connectivity index (χ3n) is 3.50. The molecule has 1 fully saturated rings. The highest BCUT2D eigenvalue weighted by molar-refractivity contribution is 5.74. The standard InChI is InChI=1S/C16H22O3/c1-13(19-15-10-6-3-7-11-15)16(17)18-12-14-8-4-2-5-9-14/h2,4-5,8-9,13,15H,3,6-7,10-12H2,1H3. The highest BCUT2D eigenvalue weighted by Crippen LogP contribution is 2.21. The van der Waals surface area contributed by atoms with E-state index in [4.69, 9.17) is 9.47 Å². The minimum absolute atomic E-state index is 0.230.